The molecule has 1 aromatic heterocycles. The second kappa shape index (κ2) is 6.20. The number of hydrogen-bond acceptors (Lipinski definition) is 3. The Morgan fingerprint density at radius 3 is 2.56 bits per heavy atom. The van der Waals surface area contributed by atoms with Crippen LogP contribution in [0.5, 0.6) is 0 Å². The molecule has 18 heavy (non-hydrogen) atoms. The molecule has 0 bridgehead atoms. The molecule has 0 saturated carbocycles. The van der Waals surface area contributed by atoms with Crippen LogP contribution in [0.1, 0.15) is 51.6 Å². The first kappa shape index (κ1) is 14.2. The molecule has 0 fully saturated rings. The number of rotatable bonds is 5. The second-order valence-electron chi connectivity index (χ2n) is 4.99. The molecule has 0 amide bonds. The molecule has 1 heterocycles. The molecule has 5 nitrogen and oxygen atoms in total. The topological polar surface area (TPSA) is 78.7 Å². The first-order chi connectivity index (χ1) is 8.45. The van der Waals surface area contributed by atoms with Crippen LogP contribution in [0.3, 0.4) is 0 Å². The standard InChI is InChI=1S/C13H19N3O2/c1-9(2)5-4-6-10(3)16-8-11(7-14)12(17)15-13(16)18/h8-10H,4-6H2,1-3H3,(H,15,17,18). The number of nitrogens with zero attached hydrogens (tertiary/aromatic N) is 2. The third-order valence-electron chi connectivity index (χ3n) is 2.97. The fraction of sp³-hybridized carbons (Fsp3) is 0.615. The van der Waals surface area contributed by atoms with Crippen LogP contribution in [-0.4, -0.2) is 9.55 Å². The van der Waals surface area contributed by atoms with Crippen molar-refractivity contribution in [3.63, 3.8) is 0 Å². The Balaban J connectivity index is 2.86. The van der Waals surface area contributed by atoms with Gasteiger partial charge in [0.25, 0.3) is 5.56 Å². The van der Waals surface area contributed by atoms with E-state index in [1.54, 1.807) is 6.07 Å². The summed E-state index contributed by atoms with van der Waals surface area (Å²) in [5.41, 5.74) is -1.09. The van der Waals surface area contributed by atoms with Gasteiger partial charge in [0.05, 0.1) is 0 Å². The molecule has 0 radical (unpaired) electrons. The molecule has 0 aliphatic rings. The largest absolute Gasteiger partial charge is 0.328 e. The quantitative estimate of drug-likeness (QED) is 0.864. The molecule has 1 aromatic rings. The molecule has 0 aromatic carbocycles. The Kier molecular flexibility index (Phi) is 4.90. The lowest BCUT2D eigenvalue weighted by Gasteiger charge is -2.15. The van der Waals surface area contributed by atoms with E-state index in [0.29, 0.717) is 5.92 Å². The summed E-state index contributed by atoms with van der Waals surface area (Å²) in [6.07, 6.45) is 4.33. The van der Waals surface area contributed by atoms with Crippen molar-refractivity contribution in [2.45, 2.75) is 46.1 Å². The minimum absolute atomic E-state index is 0.0137. The van der Waals surface area contributed by atoms with E-state index < -0.39 is 11.2 Å². The van der Waals surface area contributed by atoms with Crippen molar-refractivity contribution in [3.8, 4) is 6.07 Å². The van der Waals surface area contributed by atoms with Crippen molar-refractivity contribution in [1.29, 1.82) is 5.26 Å². The number of hydrogen-bond donors (Lipinski definition) is 1. The normalized spacial score (nSPS) is 12.4. The minimum Gasteiger partial charge on any atom is -0.296 e. The van der Waals surface area contributed by atoms with Crippen LogP contribution in [0.2, 0.25) is 0 Å². The molecule has 5 heteroatoms. The van der Waals surface area contributed by atoms with Gasteiger partial charge in [-0.1, -0.05) is 26.7 Å². The molecular formula is C13H19N3O2. The van der Waals surface area contributed by atoms with Crippen molar-refractivity contribution < 1.29 is 0 Å². The lowest BCUT2D eigenvalue weighted by Crippen LogP contribution is -2.32. The molecule has 0 aliphatic carbocycles. The Morgan fingerprint density at radius 1 is 1.33 bits per heavy atom. The molecule has 98 valence electrons. The lowest BCUT2D eigenvalue weighted by atomic mass is 10.0. The zero-order valence-corrected chi connectivity index (χ0v) is 11.1. The summed E-state index contributed by atoms with van der Waals surface area (Å²) < 4.78 is 1.43. The summed E-state index contributed by atoms with van der Waals surface area (Å²) in [4.78, 5) is 25.1. The predicted octanol–water partition coefficient (Wildman–Crippen LogP) is 1.80. The summed E-state index contributed by atoms with van der Waals surface area (Å²) in [6, 6.07) is 1.77. The van der Waals surface area contributed by atoms with Gasteiger partial charge >= 0.3 is 5.69 Å². The average Bonchev–Trinajstić information content (AvgIpc) is 2.28. The Hall–Kier alpha value is -1.83. The highest BCUT2D eigenvalue weighted by atomic mass is 16.2. The van der Waals surface area contributed by atoms with Gasteiger partial charge in [0.15, 0.2) is 0 Å². The van der Waals surface area contributed by atoms with Crippen LogP contribution in [0.25, 0.3) is 0 Å². The molecule has 1 atom stereocenters. The Morgan fingerprint density at radius 2 is 2.00 bits per heavy atom. The molecule has 0 spiro atoms. The fourth-order valence-electron chi connectivity index (χ4n) is 1.85. The van der Waals surface area contributed by atoms with Crippen LogP contribution < -0.4 is 11.2 Å². The van der Waals surface area contributed by atoms with Gasteiger partial charge in [-0.2, -0.15) is 5.26 Å². The zero-order chi connectivity index (χ0) is 13.7. The van der Waals surface area contributed by atoms with E-state index in [0.717, 1.165) is 19.3 Å². The van der Waals surface area contributed by atoms with E-state index >= 15 is 0 Å². The molecule has 0 saturated heterocycles. The molecule has 1 rings (SSSR count). The van der Waals surface area contributed by atoms with Gasteiger partial charge in [0, 0.05) is 12.2 Å². The third kappa shape index (κ3) is 3.59. The molecular weight excluding hydrogens is 230 g/mol. The van der Waals surface area contributed by atoms with E-state index in [1.807, 2.05) is 6.92 Å². The zero-order valence-electron chi connectivity index (χ0n) is 11.1. The monoisotopic (exact) mass is 249 g/mol. The van der Waals surface area contributed by atoms with Gasteiger partial charge in [-0.25, -0.2) is 4.79 Å². The van der Waals surface area contributed by atoms with Crippen molar-refractivity contribution in [2.24, 2.45) is 5.92 Å². The third-order valence-corrected chi connectivity index (χ3v) is 2.97. The van der Waals surface area contributed by atoms with Crippen molar-refractivity contribution in [3.05, 3.63) is 32.6 Å². The van der Waals surface area contributed by atoms with Crippen molar-refractivity contribution in [2.75, 3.05) is 0 Å². The maximum absolute atomic E-state index is 11.6. The minimum atomic E-state index is -0.617. The number of aromatic nitrogens is 2. The van der Waals surface area contributed by atoms with Crippen LogP contribution in [-0.2, 0) is 0 Å². The van der Waals surface area contributed by atoms with Crippen LogP contribution in [0, 0.1) is 17.2 Å². The SMILES string of the molecule is CC(C)CCCC(C)n1cc(C#N)c(=O)[nH]c1=O. The fourth-order valence-corrected chi connectivity index (χ4v) is 1.85. The molecule has 1 N–H and O–H groups in total. The smallest absolute Gasteiger partial charge is 0.296 e. The van der Waals surface area contributed by atoms with Gasteiger partial charge in [0.2, 0.25) is 0 Å². The predicted molar refractivity (Wildman–Crippen MR) is 69.4 cm³/mol. The number of nitriles is 1. The summed E-state index contributed by atoms with van der Waals surface area (Å²) in [5, 5.41) is 8.78. The Bertz CT molecular complexity index is 549. The van der Waals surface area contributed by atoms with Gasteiger partial charge in [-0.15, -0.1) is 0 Å². The highest BCUT2D eigenvalue weighted by Gasteiger charge is 2.10. The summed E-state index contributed by atoms with van der Waals surface area (Å²) in [5.74, 6) is 0.638. The van der Waals surface area contributed by atoms with Crippen LogP contribution >= 0.6 is 0 Å². The summed E-state index contributed by atoms with van der Waals surface area (Å²) in [6.45, 7) is 6.23. The highest BCUT2D eigenvalue weighted by Crippen LogP contribution is 2.15. The van der Waals surface area contributed by atoms with Crippen molar-refractivity contribution >= 4 is 0 Å². The van der Waals surface area contributed by atoms with Crippen LogP contribution in [0.4, 0.5) is 0 Å². The average molecular weight is 249 g/mol. The van der Waals surface area contributed by atoms with Crippen molar-refractivity contribution in [1.82, 2.24) is 9.55 Å². The van der Waals surface area contributed by atoms with E-state index in [2.05, 4.69) is 18.8 Å². The number of H-pyrrole nitrogens is 1. The van der Waals surface area contributed by atoms with Gasteiger partial charge in [0.1, 0.15) is 11.6 Å². The van der Waals surface area contributed by atoms with E-state index in [4.69, 9.17) is 5.26 Å². The maximum atomic E-state index is 11.6. The first-order valence-electron chi connectivity index (χ1n) is 6.21. The number of nitrogens with one attached hydrogen (secondary N) is 1. The maximum Gasteiger partial charge on any atom is 0.328 e. The van der Waals surface area contributed by atoms with Gasteiger partial charge < -0.3 is 0 Å². The van der Waals surface area contributed by atoms with Gasteiger partial charge in [-0.05, 0) is 19.3 Å². The lowest BCUT2D eigenvalue weighted by molar-refractivity contribution is 0.433. The van der Waals surface area contributed by atoms with E-state index in [-0.39, 0.29) is 11.6 Å². The first-order valence-corrected chi connectivity index (χ1v) is 6.21. The second-order valence-corrected chi connectivity index (χ2v) is 4.99. The van der Waals surface area contributed by atoms with Crippen LogP contribution in [0.15, 0.2) is 15.8 Å². The number of aromatic amines is 1. The van der Waals surface area contributed by atoms with E-state index in [1.165, 1.54) is 10.8 Å². The molecule has 0 aliphatic heterocycles. The van der Waals surface area contributed by atoms with Gasteiger partial charge in [-0.3, -0.25) is 14.3 Å². The summed E-state index contributed by atoms with van der Waals surface area (Å²) >= 11 is 0. The highest BCUT2D eigenvalue weighted by molar-refractivity contribution is 5.21. The summed E-state index contributed by atoms with van der Waals surface area (Å²) in [7, 11) is 0. The molecule has 1 unspecified atom stereocenters. The van der Waals surface area contributed by atoms with E-state index in [9.17, 15) is 9.59 Å². The Labute approximate surface area is 106 Å².